The summed E-state index contributed by atoms with van der Waals surface area (Å²) in [5.74, 6) is 1.76. The smallest absolute Gasteiger partial charge is 0.270 e. The summed E-state index contributed by atoms with van der Waals surface area (Å²) in [6, 6.07) is 124. The van der Waals surface area contributed by atoms with Crippen LogP contribution >= 0.6 is 81.2 Å². The number of H-pyrrole nitrogens is 6. The van der Waals surface area contributed by atoms with Crippen molar-refractivity contribution in [3.63, 3.8) is 0 Å². The van der Waals surface area contributed by atoms with Gasteiger partial charge < -0.3 is 65.3 Å². The minimum atomic E-state index is -0.424. The standard InChI is InChI=1S/C21H13ClN2O.C21H16ClNO2.C20H13Cl2NO.C20H13ClFNO.C20H13ClN2O3.C20H14ClNO/c1-23-17-7-8-19-15(10-17)12-20(24-19)18-11-14(4-9-21(18)25)13-2-5-16(22)6-3-13;1-25-17-6-2-13(3-7-17)14-4-9-21(24)18(11-14)20-12-15-10-16(22)5-8-19(15)23-20;21-15-4-1-12(2-5-15)13-3-8-20(24)17(10-13)19-11-14-9-16(22)6-7-18(14)23-19;21-15-4-7-18-14(9-15)11-19(23-18)17-10-13(3-8-20(17)24)12-1-5-16(22)6-2-12;21-15-5-6-18-14(8-15)11-19(22-18)17-10-13(4-7-20(17)24)12-2-1-3-16(9-12)23(25)26;21-16-7-8-18-15(10-16)12-19(22-18)17-11-14(6-9-20(17)23)13-4-2-1-3-5-13/h2-12,24-25H;2-12,23-24H,1H3;2*1-11,23-24H;1-11,22,24H;1-12,22-23H. The van der Waals surface area contributed by atoms with Gasteiger partial charge in [0.25, 0.3) is 5.69 Å². The van der Waals surface area contributed by atoms with Crippen LogP contribution in [0.25, 0.3) is 205 Å². The summed E-state index contributed by atoms with van der Waals surface area (Å²) in [6.45, 7) is 7.13. The summed E-state index contributed by atoms with van der Waals surface area (Å²) in [5.41, 5.74) is 27.2. The number of phenols is 6. The van der Waals surface area contributed by atoms with Crippen molar-refractivity contribution < 1.29 is 44.7 Å². The molecule has 147 heavy (non-hydrogen) atoms. The average molecular weight is 2070 g/mol. The lowest BCUT2D eigenvalue weighted by molar-refractivity contribution is -0.384. The van der Waals surface area contributed by atoms with Gasteiger partial charge in [0.2, 0.25) is 0 Å². The molecular formula is C122H82Cl7FN8O9. The molecule has 0 unspecified atom stereocenters. The van der Waals surface area contributed by atoms with E-state index in [0.717, 1.165) is 183 Å². The van der Waals surface area contributed by atoms with E-state index in [4.69, 9.17) is 92.5 Å². The Kier molecular flexibility index (Phi) is 29.1. The van der Waals surface area contributed by atoms with Crippen LogP contribution in [0.4, 0.5) is 15.8 Å². The van der Waals surface area contributed by atoms with Crippen molar-refractivity contribution in [3.8, 4) is 175 Å². The van der Waals surface area contributed by atoms with Gasteiger partial charge in [-0.1, -0.05) is 215 Å². The van der Waals surface area contributed by atoms with Gasteiger partial charge in [0.15, 0.2) is 5.69 Å². The van der Waals surface area contributed by atoms with Crippen LogP contribution in [0.2, 0.25) is 35.2 Å². The summed E-state index contributed by atoms with van der Waals surface area (Å²) in [5, 5.41) is 83.4. The highest BCUT2D eigenvalue weighted by atomic mass is 35.5. The molecule has 0 atom stereocenters. The number of rotatable bonds is 14. The van der Waals surface area contributed by atoms with Crippen LogP contribution < -0.4 is 4.74 Å². The average Bonchev–Trinajstić information content (AvgIpc) is 1.67. The first-order valence-electron chi connectivity index (χ1n) is 45.8. The molecule has 17 nitrogen and oxygen atoms in total. The lowest BCUT2D eigenvalue weighted by Crippen LogP contribution is -1.88. The third kappa shape index (κ3) is 22.8. The van der Waals surface area contributed by atoms with Crippen molar-refractivity contribution in [1.82, 2.24) is 29.9 Å². The van der Waals surface area contributed by atoms with E-state index in [2.05, 4.69) is 46.9 Å². The van der Waals surface area contributed by atoms with Crippen LogP contribution in [-0.2, 0) is 0 Å². The number of nitro groups is 1. The van der Waals surface area contributed by atoms with E-state index in [-0.39, 0.29) is 46.0 Å². The molecule has 0 saturated carbocycles. The Bertz CT molecular complexity index is 8920. The number of fused-ring (bicyclic) bond motifs is 6. The largest absolute Gasteiger partial charge is 0.507 e. The molecule has 0 radical (unpaired) electrons. The third-order valence-corrected chi connectivity index (χ3v) is 26.5. The molecular weight excluding hydrogens is 1990 g/mol. The molecule has 12 N–H and O–H groups in total. The number of aromatic hydroxyl groups is 6. The monoisotopic (exact) mass is 2070 g/mol. The molecule has 0 aliphatic heterocycles. The number of nitrogens with one attached hydrogen (secondary N) is 6. The van der Waals surface area contributed by atoms with Crippen LogP contribution in [-0.4, -0.2) is 72.6 Å². The number of nitrogens with zero attached hydrogens (tertiary/aromatic N) is 2. The molecule has 24 aromatic rings. The molecule has 720 valence electrons. The van der Waals surface area contributed by atoms with Gasteiger partial charge in [0, 0.05) is 141 Å². The topological polar surface area (TPSA) is 273 Å². The van der Waals surface area contributed by atoms with Crippen molar-refractivity contribution >= 4 is 158 Å². The number of nitro benzene ring substituents is 1. The number of methoxy groups -OCH3 is 1. The molecule has 0 aliphatic rings. The lowest BCUT2D eigenvalue weighted by Gasteiger charge is -2.08. The summed E-state index contributed by atoms with van der Waals surface area (Å²) in [4.78, 5) is 33.9. The summed E-state index contributed by atoms with van der Waals surface area (Å²) in [6.07, 6.45) is 0. The summed E-state index contributed by atoms with van der Waals surface area (Å²) < 4.78 is 18.3. The Morgan fingerprint density at radius 2 is 0.490 bits per heavy atom. The van der Waals surface area contributed by atoms with Crippen molar-refractivity contribution in [2.45, 2.75) is 0 Å². The van der Waals surface area contributed by atoms with Crippen LogP contribution in [0.5, 0.6) is 40.2 Å². The molecule has 25 heteroatoms. The van der Waals surface area contributed by atoms with E-state index in [1.807, 2.05) is 285 Å². The second-order valence-corrected chi connectivity index (χ2v) is 37.5. The number of non-ortho nitro benzene ring substituents is 1. The highest BCUT2D eigenvalue weighted by molar-refractivity contribution is 6.33. The maximum atomic E-state index is 13.1. The maximum absolute atomic E-state index is 13.1. The summed E-state index contributed by atoms with van der Waals surface area (Å²) in [7, 11) is 1.65. The van der Waals surface area contributed by atoms with Crippen molar-refractivity contribution in [2.75, 3.05) is 7.11 Å². The van der Waals surface area contributed by atoms with E-state index < -0.39 is 4.92 Å². The number of halogens is 8. The van der Waals surface area contributed by atoms with Crippen LogP contribution in [0, 0.1) is 22.5 Å². The molecule has 0 amide bonds. The molecule has 0 aliphatic carbocycles. The van der Waals surface area contributed by atoms with E-state index in [1.165, 1.54) is 24.3 Å². The van der Waals surface area contributed by atoms with Gasteiger partial charge in [0.05, 0.1) is 52.8 Å². The number of aromatic nitrogens is 6. The van der Waals surface area contributed by atoms with Crippen molar-refractivity contribution in [3.05, 3.63) is 469 Å². The second kappa shape index (κ2) is 43.4. The fourth-order valence-corrected chi connectivity index (χ4v) is 18.5. The molecule has 6 heterocycles. The Hall–Kier alpha value is -17.4. The highest BCUT2D eigenvalue weighted by Crippen LogP contribution is 2.45. The predicted molar refractivity (Wildman–Crippen MR) is 600 cm³/mol. The quantitative estimate of drug-likeness (QED) is 0.0280. The second-order valence-electron chi connectivity index (χ2n) is 34.5. The van der Waals surface area contributed by atoms with E-state index in [9.17, 15) is 45.1 Å². The zero-order valence-corrected chi connectivity index (χ0v) is 82.8. The number of hydrogen-bond acceptors (Lipinski definition) is 9. The minimum Gasteiger partial charge on any atom is -0.507 e. The highest BCUT2D eigenvalue weighted by Gasteiger charge is 2.20. The molecule has 6 aromatic heterocycles. The number of benzene rings is 18. The normalized spacial score (nSPS) is 11.0. The lowest BCUT2D eigenvalue weighted by atomic mass is 10.0. The maximum Gasteiger partial charge on any atom is 0.270 e. The molecule has 0 saturated heterocycles. The summed E-state index contributed by atoms with van der Waals surface area (Å²) >= 11 is 42.1. The Morgan fingerprint density at radius 3 is 0.769 bits per heavy atom. The number of hydrogen-bond donors (Lipinski definition) is 12. The number of phenolic OH excluding ortho intramolecular Hbond substituents is 6. The van der Waals surface area contributed by atoms with Gasteiger partial charge in [-0.15, -0.1) is 0 Å². The minimum absolute atomic E-state index is 0.0254. The van der Waals surface area contributed by atoms with Crippen molar-refractivity contribution in [2.24, 2.45) is 0 Å². The van der Waals surface area contributed by atoms with Crippen LogP contribution in [0.15, 0.2) is 406 Å². The van der Waals surface area contributed by atoms with E-state index >= 15 is 0 Å². The van der Waals surface area contributed by atoms with Gasteiger partial charge in [-0.05, 0) is 333 Å². The van der Waals surface area contributed by atoms with Gasteiger partial charge in [-0.3, -0.25) is 10.1 Å². The fraction of sp³-hybridized carbons (Fsp3) is 0.00820. The SMILES string of the molecule is COc1ccc(-c2ccc(O)c(-c3cc4cc(Cl)ccc4[nH]3)c2)cc1.O=[N+]([O-])c1cccc(-c2ccc(O)c(-c3cc4cc(Cl)ccc4[nH]3)c2)c1.Oc1ccc(-c2ccc(Cl)cc2)cc1-c1cc2cc(Cl)ccc2[nH]1.Oc1ccc(-c2ccc(F)cc2)cc1-c1cc2cc(Cl)ccc2[nH]1.Oc1ccc(-c2ccccc2)cc1-c1cc2cc(Cl)ccc2[nH]1.[C-]#[N+]c1ccc2[nH]c(-c3cc(-c4ccc(Cl)cc4)ccc3O)cc2c1. The zero-order valence-electron chi connectivity index (χ0n) is 77.5. The number of ether oxygens (including phenoxy) is 1. The molecule has 0 spiro atoms. The van der Waals surface area contributed by atoms with Crippen molar-refractivity contribution in [1.29, 1.82) is 0 Å². The molecule has 0 fully saturated rings. The van der Waals surface area contributed by atoms with Gasteiger partial charge >= 0.3 is 0 Å². The van der Waals surface area contributed by atoms with Crippen LogP contribution in [0.1, 0.15) is 0 Å². The fourth-order valence-electron chi connectivity index (χ4n) is 17.3. The molecule has 18 aromatic carbocycles. The van der Waals surface area contributed by atoms with Gasteiger partial charge in [-0.2, -0.15) is 0 Å². The Balaban J connectivity index is 0.000000111. The Labute approximate surface area is 876 Å². The van der Waals surface area contributed by atoms with Gasteiger partial charge in [0.1, 0.15) is 46.1 Å². The van der Waals surface area contributed by atoms with E-state index in [1.54, 1.807) is 92.0 Å². The van der Waals surface area contributed by atoms with E-state index in [0.29, 0.717) is 63.1 Å². The first-order valence-corrected chi connectivity index (χ1v) is 48.5. The van der Waals surface area contributed by atoms with Crippen LogP contribution in [0.3, 0.4) is 0 Å². The first-order chi connectivity index (χ1) is 71.2. The third-order valence-electron chi connectivity index (χ3n) is 24.8. The predicted octanol–water partition coefficient (Wildman–Crippen LogP) is 36.4. The molecule has 24 rings (SSSR count). The first kappa shape index (κ1) is 98.4. The molecule has 0 bridgehead atoms. The zero-order chi connectivity index (χ0) is 102. The Morgan fingerprint density at radius 1 is 0.259 bits per heavy atom. The van der Waals surface area contributed by atoms with Gasteiger partial charge in [-0.25, -0.2) is 9.24 Å². The number of aromatic amines is 6.